The molecule has 0 heterocycles. The molecule has 5 nitrogen and oxygen atoms in total. The van der Waals surface area contributed by atoms with Crippen molar-refractivity contribution in [1.29, 1.82) is 0 Å². The number of thiocarbonyl (C=S) groups is 1. The highest BCUT2D eigenvalue weighted by molar-refractivity contribution is 7.80. The normalized spacial score (nSPS) is 13.9. The summed E-state index contributed by atoms with van der Waals surface area (Å²) in [6.45, 7) is 0. The number of ketones is 1. The quantitative estimate of drug-likeness (QED) is 0.550. The highest BCUT2D eigenvalue weighted by Gasteiger charge is 2.28. The van der Waals surface area contributed by atoms with Gasteiger partial charge in [0.15, 0.2) is 5.11 Å². The minimum atomic E-state index is -0.107. The third kappa shape index (κ3) is 2.70. The third-order valence-electron chi connectivity index (χ3n) is 4.24. The molecule has 3 aromatic carbocycles. The van der Waals surface area contributed by atoms with Gasteiger partial charge in [0, 0.05) is 16.5 Å². The molecule has 1 aliphatic rings. The number of hydrazone groups is 1. The van der Waals surface area contributed by atoms with Gasteiger partial charge in [0.1, 0.15) is 11.5 Å². The molecule has 0 fully saturated rings. The first kappa shape index (κ1) is 16.2. The van der Waals surface area contributed by atoms with Gasteiger partial charge in [0.25, 0.3) is 0 Å². The number of benzene rings is 3. The van der Waals surface area contributed by atoms with E-state index in [-0.39, 0.29) is 10.9 Å². The third-order valence-corrected chi connectivity index (χ3v) is 4.44. The van der Waals surface area contributed by atoms with E-state index in [1.165, 1.54) is 0 Å². The standard InChI is InChI=1S/C20H15N3O2S/c1-25-16-11-3-2-10-15(16)21-20(26)23-22-18-13-8-4-6-12-7-5-9-14(17(12)13)19(18)24/h2-11H,1H3,(H2,21,23,26)/b22-18+. The zero-order valence-electron chi connectivity index (χ0n) is 13.9. The highest BCUT2D eigenvalue weighted by atomic mass is 32.1. The van der Waals surface area contributed by atoms with Gasteiger partial charge in [-0.1, -0.05) is 48.5 Å². The molecule has 4 rings (SSSR count). The van der Waals surface area contributed by atoms with E-state index < -0.39 is 0 Å². The molecule has 0 amide bonds. The molecule has 0 unspecified atom stereocenters. The van der Waals surface area contributed by atoms with Crippen molar-refractivity contribution < 1.29 is 9.53 Å². The van der Waals surface area contributed by atoms with Gasteiger partial charge in [0.2, 0.25) is 5.78 Å². The molecule has 0 saturated heterocycles. The summed E-state index contributed by atoms with van der Waals surface area (Å²) in [6, 6.07) is 18.9. The van der Waals surface area contributed by atoms with Crippen molar-refractivity contribution in [2.45, 2.75) is 0 Å². The van der Waals surface area contributed by atoms with Gasteiger partial charge in [-0.2, -0.15) is 5.10 Å². The number of para-hydroxylation sites is 2. The Morgan fingerprint density at radius 3 is 2.50 bits per heavy atom. The van der Waals surface area contributed by atoms with Crippen molar-refractivity contribution in [3.05, 3.63) is 71.8 Å². The number of nitrogens with zero attached hydrogens (tertiary/aromatic N) is 1. The van der Waals surface area contributed by atoms with Crippen LogP contribution in [0, 0.1) is 0 Å². The minimum absolute atomic E-state index is 0.107. The van der Waals surface area contributed by atoms with Crippen molar-refractivity contribution in [2.75, 3.05) is 12.4 Å². The summed E-state index contributed by atoms with van der Waals surface area (Å²) in [4.78, 5) is 12.7. The lowest BCUT2D eigenvalue weighted by atomic mass is 10.1. The van der Waals surface area contributed by atoms with Crippen LogP contribution in [0.3, 0.4) is 0 Å². The molecule has 1 aliphatic carbocycles. The van der Waals surface area contributed by atoms with Crippen molar-refractivity contribution in [2.24, 2.45) is 5.10 Å². The summed E-state index contributed by atoms with van der Waals surface area (Å²) < 4.78 is 5.28. The minimum Gasteiger partial charge on any atom is -0.495 e. The number of nitrogens with one attached hydrogen (secondary N) is 2. The predicted molar refractivity (Wildman–Crippen MR) is 107 cm³/mol. The Labute approximate surface area is 155 Å². The van der Waals surface area contributed by atoms with E-state index in [1.807, 2.05) is 60.7 Å². The summed E-state index contributed by atoms with van der Waals surface area (Å²) in [7, 11) is 1.59. The second-order valence-electron chi connectivity index (χ2n) is 5.77. The molecule has 0 aromatic heterocycles. The van der Waals surface area contributed by atoms with Gasteiger partial charge < -0.3 is 10.1 Å². The number of carbonyl (C=O) groups excluding carboxylic acids is 1. The van der Waals surface area contributed by atoms with Gasteiger partial charge in [0.05, 0.1) is 12.8 Å². The molecule has 128 valence electrons. The Morgan fingerprint density at radius 2 is 1.73 bits per heavy atom. The average molecular weight is 361 g/mol. The number of anilines is 1. The van der Waals surface area contributed by atoms with Crippen molar-refractivity contribution >= 4 is 45.3 Å². The zero-order valence-corrected chi connectivity index (χ0v) is 14.8. The van der Waals surface area contributed by atoms with Crippen LogP contribution in [0.4, 0.5) is 5.69 Å². The van der Waals surface area contributed by atoms with Gasteiger partial charge in [-0.25, -0.2) is 0 Å². The number of ether oxygens (including phenoxy) is 1. The number of methoxy groups -OCH3 is 1. The van der Waals surface area contributed by atoms with E-state index in [9.17, 15) is 4.79 Å². The molecule has 0 spiro atoms. The molecular formula is C20H15N3O2S. The maximum Gasteiger partial charge on any atom is 0.214 e. The lowest BCUT2D eigenvalue weighted by Gasteiger charge is -2.11. The molecular weight excluding hydrogens is 346 g/mol. The number of carbonyl (C=O) groups is 1. The Morgan fingerprint density at radius 1 is 1.00 bits per heavy atom. The van der Waals surface area contributed by atoms with Crippen molar-refractivity contribution in [3.8, 4) is 5.75 Å². The van der Waals surface area contributed by atoms with Crippen LogP contribution in [-0.4, -0.2) is 23.7 Å². The van der Waals surface area contributed by atoms with E-state index >= 15 is 0 Å². The first-order valence-corrected chi connectivity index (χ1v) is 8.44. The Bertz CT molecular complexity index is 1070. The van der Waals surface area contributed by atoms with E-state index in [4.69, 9.17) is 17.0 Å². The second-order valence-corrected chi connectivity index (χ2v) is 6.17. The molecule has 0 aliphatic heterocycles. The SMILES string of the molecule is COc1ccccc1NC(=S)N/N=C1/C(=O)c2cccc3cccc1c23. The van der Waals surface area contributed by atoms with Crippen LogP contribution in [0.2, 0.25) is 0 Å². The first-order valence-electron chi connectivity index (χ1n) is 8.03. The first-order chi connectivity index (χ1) is 12.7. The lowest BCUT2D eigenvalue weighted by Crippen LogP contribution is -2.26. The van der Waals surface area contributed by atoms with Crippen LogP contribution >= 0.6 is 12.2 Å². The zero-order chi connectivity index (χ0) is 18.1. The molecule has 0 bridgehead atoms. The highest BCUT2D eigenvalue weighted by Crippen LogP contribution is 2.30. The maximum atomic E-state index is 12.7. The van der Waals surface area contributed by atoms with Crippen LogP contribution in [0.15, 0.2) is 65.8 Å². The monoisotopic (exact) mass is 361 g/mol. The number of Topliss-reactive ketones (excluding diaryl/α,β-unsaturated/α-hetero) is 1. The van der Waals surface area contributed by atoms with Crippen LogP contribution < -0.4 is 15.5 Å². The van der Waals surface area contributed by atoms with Crippen LogP contribution in [0.1, 0.15) is 15.9 Å². The summed E-state index contributed by atoms with van der Waals surface area (Å²) in [5.74, 6) is 0.558. The number of rotatable bonds is 3. The van der Waals surface area contributed by atoms with Gasteiger partial charge >= 0.3 is 0 Å². The van der Waals surface area contributed by atoms with Crippen molar-refractivity contribution in [1.82, 2.24) is 5.43 Å². The Hall–Kier alpha value is -3.25. The summed E-state index contributed by atoms with van der Waals surface area (Å²) >= 11 is 5.29. The fourth-order valence-corrected chi connectivity index (χ4v) is 3.25. The van der Waals surface area contributed by atoms with Gasteiger partial charge in [-0.3, -0.25) is 10.2 Å². The summed E-state index contributed by atoms with van der Waals surface area (Å²) in [5, 5.41) is 9.52. The fourth-order valence-electron chi connectivity index (χ4n) is 3.09. The predicted octanol–water partition coefficient (Wildman–Crippen LogP) is 3.74. The smallest absolute Gasteiger partial charge is 0.214 e. The molecule has 6 heteroatoms. The van der Waals surface area contributed by atoms with E-state index in [1.54, 1.807) is 7.11 Å². The molecule has 0 atom stereocenters. The maximum absolute atomic E-state index is 12.7. The van der Waals surface area contributed by atoms with Crippen LogP contribution in [0.5, 0.6) is 5.75 Å². The van der Waals surface area contributed by atoms with Crippen LogP contribution in [-0.2, 0) is 0 Å². The second kappa shape index (κ2) is 6.57. The van der Waals surface area contributed by atoms with E-state index in [0.29, 0.717) is 17.0 Å². The molecule has 0 saturated carbocycles. The molecule has 2 N–H and O–H groups in total. The molecule has 0 radical (unpaired) electrons. The van der Waals surface area contributed by atoms with Gasteiger partial charge in [-0.05, 0) is 29.7 Å². The largest absolute Gasteiger partial charge is 0.495 e. The van der Waals surface area contributed by atoms with Gasteiger partial charge in [-0.15, -0.1) is 0 Å². The summed E-state index contributed by atoms with van der Waals surface area (Å²) in [6.07, 6.45) is 0. The Kier molecular flexibility index (Phi) is 4.10. The summed E-state index contributed by atoms with van der Waals surface area (Å²) in [5.41, 5.74) is 5.33. The molecule has 3 aromatic rings. The molecule has 26 heavy (non-hydrogen) atoms. The fraction of sp³-hybridized carbons (Fsp3) is 0.0500. The average Bonchev–Trinajstić information content (AvgIpc) is 2.94. The number of hydrogen-bond donors (Lipinski definition) is 2. The lowest BCUT2D eigenvalue weighted by molar-refractivity contribution is 0.106. The number of hydrogen-bond acceptors (Lipinski definition) is 4. The topological polar surface area (TPSA) is 62.7 Å². The van der Waals surface area contributed by atoms with E-state index in [2.05, 4.69) is 15.8 Å². The van der Waals surface area contributed by atoms with Crippen LogP contribution in [0.25, 0.3) is 10.8 Å². The Balaban J connectivity index is 1.59. The van der Waals surface area contributed by atoms with Crippen molar-refractivity contribution in [3.63, 3.8) is 0 Å². The van der Waals surface area contributed by atoms with E-state index in [0.717, 1.165) is 22.0 Å².